The quantitative estimate of drug-likeness (QED) is 0.483. The number of hydrogen-bond donors (Lipinski definition) is 1. The van der Waals surface area contributed by atoms with Crippen molar-refractivity contribution in [2.45, 2.75) is 39.3 Å². The number of sulfonamides is 1. The maximum Gasteiger partial charge on any atom is 0.335 e. The number of aromatic nitrogens is 1. The molecular weight excluding hydrogens is 440 g/mol. The Hall–Kier alpha value is -3.39. The van der Waals surface area contributed by atoms with Gasteiger partial charge in [-0.3, -0.25) is 4.31 Å². The molecule has 0 saturated heterocycles. The van der Waals surface area contributed by atoms with Crippen LogP contribution in [-0.2, 0) is 16.6 Å². The molecule has 3 aromatic rings. The highest BCUT2D eigenvalue weighted by atomic mass is 32.2. The van der Waals surface area contributed by atoms with Gasteiger partial charge in [-0.1, -0.05) is 32.0 Å². The minimum Gasteiger partial charge on any atom is -0.487 e. The summed E-state index contributed by atoms with van der Waals surface area (Å²) in [5.74, 6) is -0.509. The lowest BCUT2D eigenvalue weighted by Crippen LogP contribution is -2.35. The van der Waals surface area contributed by atoms with Crippen LogP contribution in [-0.4, -0.2) is 31.0 Å². The van der Waals surface area contributed by atoms with Gasteiger partial charge in [0.2, 0.25) is 0 Å². The predicted octanol–water partition coefficient (Wildman–Crippen LogP) is 4.83. The molecule has 0 bridgehead atoms. The van der Waals surface area contributed by atoms with Crippen molar-refractivity contribution in [1.29, 1.82) is 0 Å². The second kappa shape index (κ2) is 10.0. The van der Waals surface area contributed by atoms with Crippen LogP contribution in [0, 0.1) is 19.8 Å². The lowest BCUT2D eigenvalue weighted by Gasteiger charge is -2.28. The monoisotopic (exact) mass is 468 g/mol. The van der Waals surface area contributed by atoms with E-state index >= 15 is 0 Å². The number of benzene rings is 2. The number of anilines is 1. The third-order valence-corrected chi connectivity index (χ3v) is 6.86. The van der Waals surface area contributed by atoms with Gasteiger partial charge in [0, 0.05) is 12.7 Å². The summed E-state index contributed by atoms with van der Waals surface area (Å²) in [5.41, 5.74) is 3.31. The molecule has 1 aromatic heterocycles. The molecule has 0 fully saturated rings. The molecule has 0 amide bonds. The van der Waals surface area contributed by atoms with Crippen LogP contribution in [0.25, 0.3) is 0 Å². The zero-order valence-electron chi connectivity index (χ0n) is 19.1. The standard InChI is InChI=1S/C25H28N2O5S/c1-17(2)15-27(33(30,31)24-7-5-6-12-26-24)22-13-18(3)19(4)14-23(22)32-16-20-8-10-21(11-9-20)25(28)29/h5-14,17H,15-16H2,1-4H3,(H,28,29). The molecule has 1 heterocycles. The summed E-state index contributed by atoms with van der Waals surface area (Å²) in [5, 5.41) is 9.05. The first kappa shape index (κ1) is 24.3. The third kappa shape index (κ3) is 5.70. The number of carboxylic acids is 1. The third-order valence-electron chi connectivity index (χ3n) is 5.16. The zero-order valence-corrected chi connectivity index (χ0v) is 20.0. The minimum absolute atomic E-state index is 0.0286. The van der Waals surface area contributed by atoms with Crippen LogP contribution in [0.4, 0.5) is 5.69 Å². The van der Waals surface area contributed by atoms with E-state index in [1.165, 1.54) is 28.7 Å². The highest BCUT2D eigenvalue weighted by Crippen LogP contribution is 2.36. The average Bonchev–Trinajstić information content (AvgIpc) is 2.78. The van der Waals surface area contributed by atoms with Crippen molar-refractivity contribution < 1.29 is 23.1 Å². The van der Waals surface area contributed by atoms with Crippen molar-refractivity contribution in [3.05, 3.63) is 83.0 Å². The van der Waals surface area contributed by atoms with Crippen LogP contribution in [0.2, 0.25) is 0 Å². The van der Waals surface area contributed by atoms with Crippen LogP contribution >= 0.6 is 0 Å². The molecule has 2 aromatic carbocycles. The second-order valence-corrected chi connectivity index (χ2v) is 10.1. The minimum atomic E-state index is -3.92. The zero-order chi connectivity index (χ0) is 24.2. The Labute approximate surface area is 194 Å². The molecule has 33 heavy (non-hydrogen) atoms. The van der Waals surface area contributed by atoms with E-state index in [2.05, 4.69) is 4.98 Å². The van der Waals surface area contributed by atoms with Gasteiger partial charge in [-0.05, 0) is 72.9 Å². The maximum absolute atomic E-state index is 13.5. The molecule has 0 unspecified atom stereocenters. The molecule has 8 heteroatoms. The number of aryl methyl sites for hydroxylation is 2. The number of aromatic carboxylic acids is 1. The van der Waals surface area contributed by atoms with Gasteiger partial charge < -0.3 is 9.84 Å². The topological polar surface area (TPSA) is 96.8 Å². The predicted molar refractivity (Wildman–Crippen MR) is 127 cm³/mol. The summed E-state index contributed by atoms with van der Waals surface area (Å²) < 4.78 is 34.5. The molecule has 7 nitrogen and oxygen atoms in total. The van der Waals surface area contributed by atoms with Crippen LogP contribution < -0.4 is 9.04 Å². The SMILES string of the molecule is Cc1cc(OCc2ccc(C(=O)O)cc2)c(N(CC(C)C)S(=O)(=O)c2ccccn2)cc1C. The normalized spacial score (nSPS) is 11.4. The first-order chi connectivity index (χ1) is 15.6. The van der Waals surface area contributed by atoms with Gasteiger partial charge in [0.1, 0.15) is 12.4 Å². The Balaban J connectivity index is 2.02. The first-order valence-corrected chi connectivity index (χ1v) is 12.0. The number of hydrogen-bond acceptors (Lipinski definition) is 5. The average molecular weight is 469 g/mol. The largest absolute Gasteiger partial charge is 0.487 e. The molecule has 0 aliphatic carbocycles. The van der Waals surface area contributed by atoms with Crippen molar-refractivity contribution in [2.75, 3.05) is 10.8 Å². The van der Waals surface area contributed by atoms with E-state index in [0.717, 1.165) is 16.7 Å². The number of carbonyl (C=O) groups is 1. The number of carboxylic acid groups (broad SMARTS) is 1. The Morgan fingerprint density at radius 2 is 1.73 bits per heavy atom. The fraction of sp³-hybridized carbons (Fsp3) is 0.280. The molecule has 3 rings (SSSR count). The smallest absolute Gasteiger partial charge is 0.335 e. The highest BCUT2D eigenvalue weighted by Gasteiger charge is 2.29. The van der Waals surface area contributed by atoms with Gasteiger partial charge >= 0.3 is 5.97 Å². The van der Waals surface area contributed by atoms with Gasteiger partial charge in [0.05, 0.1) is 11.3 Å². The molecule has 1 N–H and O–H groups in total. The Kier molecular flexibility index (Phi) is 7.38. The van der Waals surface area contributed by atoms with Gasteiger partial charge in [0.25, 0.3) is 10.0 Å². The van der Waals surface area contributed by atoms with Crippen molar-refractivity contribution in [3.63, 3.8) is 0 Å². The van der Waals surface area contributed by atoms with Crippen LogP contribution in [0.5, 0.6) is 5.75 Å². The van der Waals surface area contributed by atoms with Gasteiger partial charge in [-0.2, -0.15) is 8.42 Å². The summed E-state index contributed by atoms with van der Waals surface area (Å²) in [4.78, 5) is 15.2. The number of ether oxygens (including phenoxy) is 1. The second-order valence-electron chi connectivity index (χ2n) is 8.29. The van der Waals surface area contributed by atoms with E-state index in [1.54, 1.807) is 24.3 Å². The van der Waals surface area contributed by atoms with Crippen molar-refractivity contribution in [2.24, 2.45) is 5.92 Å². The van der Waals surface area contributed by atoms with Crippen molar-refractivity contribution >= 4 is 21.7 Å². The van der Waals surface area contributed by atoms with Gasteiger partial charge in [-0.15, -0.1) is 0 Å². The van der Waals surface area contributed by atoms with Crippen molar-refractivity contribution in [1.82, 2.24) is 4.98 Å². The maximum atomic E-state index is 13.5. The number of pyridine rings is 1. The van der Waals surface area contributed by atoms with Gasteiger partial charge in [-0.25, -0.2) is 9.78 Å². The van der Waals surface area contributed by atoms with Crippen molar-refractivity contribution in [3.8, 4) is 5.75 Å². The molecule has 0 atom stereocenters. The van der Waals surface area contributed by atoms with Gasteiger partial charge in [0.15, 0.2) is 5.03 Å². The van der Waals surface area contributed by atoms with E-state index in [0.29, 0.717) is 11.4 Å². The van der Waals surface area contributed by atoms with Crippen LogP contribution in [0.1, 0.15) is 40.9 Å². The Morgan fingerprint density at radius 3 is 2.30 bits per heavy atom. The number of nitrogens with zero attached hydrogens (tertiary/aromatic N) is 2. The fourth-order valence-corrected chi connectivity index (χ4v) is 4.83. The molecule has 174 valence electrons. The molecule has 0 aliphatic rings. The van der Waals surface area contributed by atoms with E-state index in [-0.39, 0.29) is 29.7 Å². The van der Waals surface area contributed by atoms with E-state index in [9.17, 15) is 13.2 Å². The molecule has 0 spiro atoms. The summed E-state index contributed by atoms with van der Waals surface area (Å²) >= 11 is 0. The van der Waals surface area contributed by atoms with Crippen LogP contribution in [0.3, 0.4) is 0 Å². The fourth-order valence-electron chi connectivity index (χ4n) is 3.26. The summed E-state index contributed by atoms with van der Waals surface area (Å²) in [6.45, 7) is 8.18. The number of rotatable bonds is 9. The molecule has 0 saturated carbocycles. The van der Waals surface area contributed by atoms with E-state index < -0.39 is 16.0 Å². The lowest BCUT2D eigenvalue weighted by molar-refractivity contribution is 0.0697. The first-order valence-electron chi connectivity index (χ1n) is 10.6. The van der Waals surface area contributed by atoms with E-state index in [1.807, 2.05) is 39.8 Å². The lowest BCUT2D eigenvalue weighted by atomic mass is 10.1. The Morgan fingerprint density at radius 1 is 1.06 bits per heavy atom. The summed E-state index contributed by atoms with van der Waals surface area (Å²) in [6, 6.07) is 14.8. The molecule has 0 radical (unpaired) electrons. The molecular formula is C25H28N2O5S. The Bertz CT molecular complexity index is 1220. The van der Waals surface area contributed by atoms with E-state index in [4.69, 9.17) is 9.84 Å². The molecule has 0 aliphatic heterocycles. The summed E-state index contributed by atoms with van der Waals surface area (Å²) in [7, 11) is -3.92. The highest BCUT2D eigenvalue weighted by molar-refractivity contribution is 7.92. The summed E-state index contributed by atoms with van der Waals surface area (Å²) in [6.07, 6.45) is 1.46. The van der Waals surface area contributed by atoms with Crippen LogP contribution in [0.15, 0.2) is 65.8 Å².